The third-order valence-corrected chi connectivity index (χ3v) is 14.9. The van der Waals surface area contributed by atoms with E-state index in [0.717, 1.165) is 116 Å². The molecule has 0 heterocycles. The molecule has 0 rings (SSSR count). The number of hydrogen-bond acceptors (Lipinski definition) is 6. The van der Waals surface area contributed by atoms with Crippen LogP contribution >= 0.6 is 0 Å². The molecule has 0 N–H and O–H groups in total. The Morgan fingerprint density at radius 2 is 0.500 bits per heavy atom. The van der Waals surface area contributed by atoms with Crippen molar-refractivity contribution in [1.29, 1.82) is 0 Å². The number of carbonyl (C=O) groups excluding carboxylic acids is 3. The van der Waals surface area contributed by atoms with Crippen LogP contribution in [0.1, 0.15) is 348 Å². The molecule has 0 bridgehead atoms. The molecular formula is C72H128O6. The van der Waals surface area contributed by atoms with Crippen molar-refractivity contribution in [2.45, 2.75) is 354 Å². The highest BCUT2D eigenvalue weighted by Crippen LogP contribution is 2.18. The Bertz CT molecular complexity index is 1440. The smallest absolute Gasteiger partial charge is 0.306 e. The predicted octanol–water partition coefficient (Wildman–Crippen LogP) is 23.3. The van der Waals surface area contributed by atoms with Crippen molar-refractivity contribution in [1.82, 2.24) is 0 Å². The van der Waals surface area contributed by atoms with Crippen LogP contribution in [0.2, 0.25) is 0 Å². The molecule has 6 heteroatoms. The van der Waals surface area contributed by atoms with Gasteiger partial charge in [0.25, 0.3) is 0 Å². The number of unbranched alkanes of at least 4 members (excludes halogenated alkanes) is 39. The molecule has 1 atom stereocenters. The molecule has 0 aliphatic rings. The second-order valence-corrected chi connectivity index (χ2v) is 22.7. The minimum Gasteiger partial charge on any atom is -0.462 e. The van der Waals surface area contributed by atoms with Gasteiger partial charge >= 0.3 is 17.9 Å². The number of carbonyl (C=O) groups is 3. The summed E-state index contributed by atoms with van der Waals surface area (Å²) in [5, 5.41) is 0. The van der Waals surface area contributed by atoms with Crippen molar-refractivity contribution in [3.8, 4) is 0 Å². The Hall–Kier alpha value is -3.15. The molecular weight excluding hydrogens is 961 g/mol. The van der Waals surface area contributed by atoms with E-state index < -0.39 is 6.10 Å². The fourth-order valence-electron chi connectivity index (χ4n) is 9.88. The summed E-state index contributed by atoms with van der Waals surface area (Å²) in [5.41, 5.74) is 0. The second kappa shape index (κ2) is 66.4. The van der Waals surface area contributed by atoms with E-state index in [4.69, 9.17) is 14.2 Å². The third-order valence-electron chi connectivity index (χ3n) is 14.9. The van der Waals surface area contributed by atoms with E-state index >= 15 is 0 Å². The molecule has 78 heavy (non-hydrogen) atoms. The summed E-state index contributed by atoms with van der Waals surface area (Å²) >= 11 is 0. The second-order valence-electron chi connectivity index (χ2n) is 22.7. The van der Waals surface area contributed by atoms with Gasteiger partial charge in [0.15, 0.2) is 6.10 Å². The maximum Gasteiger partial charge on any atom is 0.306 e. The van der Waals surface area contributed by atoms with Crippen LogP contribution in [0.3, 0.4) is 0 Å². The van der Waals surface area contributed by atoms with E-state index in [1.807, 2.05) is 0 Å². The van der Waals surface area contributed by atoms with Crippen molar-refractivity contribution in [3.05, 3.63) is 72.9 Å². The summed E-state index contributed by atoms with van der Waals surface area (Å²) in [6.07, 6.45) is 86.3. The first-order valence-corrected chi connectivity index (χ1v) is 33.9. The molecule has 0 aromatic rings. The zero-order valence-corrected chi connectivity index (χ0v) is 51.9. The lowest BCUT2D eigenvalue weighted by molar-refractivity contribution is -0.167. The van der Waals surface area contributed by atoms with Crippen LogP contribution in [0.4, 0.5) is 0 Å². The number of rotatable bonds is 62. The first-order valence-electron chi connectivity index (χ1n) is 33.9. The van der Waals surface area contributed by atoms with Gasteiger partial charge in [-0.15, -0.1) is 0 Å². The summed E-state index contributed by atoms with van der Waals surface area (Å²) in [6, 6.07) is 0. The highest BCUT2D eigenvalue weighted by Gasteiger charge is 2.19. The first kappa shape index (κ1) is 74.8. The summed E-state index contributed by atoms with van der Waals surface area (Å²) in [5.74, 6) is -0.893. The van der Waals surface area contributed by atoms with Gasteiger partial charge in [0.05, 0.1) is 0 Å². The monoisotopic (exact) mass is 1090 g/mol. The van der Waals surface area contributed by atoms with Gasteiger partial charge in [-0.1, -0.05) is 312 Å². The number of esters is 3. The zero-order valence-electron chi connectivity index (χ0n) is 51.9. The van der Waals surface area contributed by atoms with Gasteiger partial charge in [-0.2, -0.15) is 0 Å². The lowest BCUT2D eigenvalue weighted by atomic mass is 10.0. The quantitative estimate of drug-likeness (QED) is 0.0261. The molecule has 0 saturated carbocycles. The molecule has 0 amide bonds. The van der Waals surface area contributed by atoms with Gasteiger partial charge in [0.2, 0.25) is 0 Å². The van der Waals surface area contributed by atoms with E-state index in [9.17, 15) is 14.4 Å². The van der Waals surface area contributed by atoms with E-state index in [1.165, 1.54) is 193 Å². The van der Waals surface area contributed by atoms with E-state index in [1.54, 1.807) is 0 Å². The normalized spacial score (nSPS) is 12.5. The third kappa shape index (κ3) is 63.7. The maximum atomic E-state index is 12.9. The molecule has 0 aliphatic carbocycles. The van der Waals surface area contributed by atoms with Gasteiger partial charge in [0, 0.05) is 19.3 Å². The average molecular weight is 1090 g/mol. The number of hydrogen-bond donors (Lipinski definition) is 0. The summed E-state index contributed by atoms with van der Waals surface area (Å²) in [6.45, 7) is 6.54. The molecule has 1 unspecified atom stereocenters. The largest absolute Gasteiger partial charge is 0.462 e. The summed E-state index contributed by atoms with van der Waals surface area (Å²) in [4.78, 5) is 38.4. The Kier molecular flexibility index (Phi) is 63.7. The SMILES string of the molecule is CC/C=C\C/C=C\C/C=C\C/C=C\CCCCCCCCC(=O)OC(COC(=O)CCCCCCC/C=C\C/C=C\CCCCCC)COC(=O)CCCCCCCCCCCCCCCCCCCCCCCCCCC. The molecule has 0 aromatic heterocycles. The van der Waals surface area contributed by atoms with E-state index in [-0.39, 0.29) is 31.1 Å². The van der Waals surface area contributed by atoms with Gasteiger partial charge in [-0.05, 0) is 89.9 Å². The maximum absolute atomic E-state index is 12.9. The number of ether oxygens (including phenoxy) is 3. The van der Waals surface area contributed by atoms with Crippen molar-refractivity contribution in [3.63, 3.8) is 0 Å². The Morgan fingerprint density at radius 1 is 0.269 bits per heavy atom. The molecule has 0 saturated heterocycles. The van der Waals surface area contributed by atoms with E-state index in [0.29, 0.717) is 19.3 Å². The summed E-state index contributed by atoms with van der Waals surface area (Å²) < 4.78 is 17.0. The fraction of sp³-hybridized carbons (Fsp3) is 0.792. The predicted molar refractivity (Wildman–Crippen MR) is 339 cm³/mol. The fourth-order valence-corrected chi connectivity index (χ4v) is 9.88. The molecule has 0 spiro atoms. The molecule has 452 valence electrons. The lowest BCUT2D eigenvalue weighted by Gasteiger charge is -2.18. The van der Waals surface area contributed by atoms with Crippen LogP contribution in [-0.2, 0) is 28.6 Å². The standard InChI is InChI=1S/C72H128O6/c1-4-7-10-13-16-19-22-25-28-31-33-34-35-36-37-38-40-41-44-47-50-53-56-59-62-65-71(74)77-68-69(67-76-70(73)64-61-58-55-52-49-46-43-30-27-24-21-18-15-12-9-6-3)78-72(75)66-63-60-57-54-51-48-45-42-39-32-29-26-23-20-17-14-11-8-5-2/h8,11,17,20-21,24,26,29-30,39,42-43,69H,4-7,9-10,12-16,18-19,22-23,25,27-28,31-38,40-41,44-68H2,1-3H3/b11-8-,20-17-,24-21-,29-26-,42-39-,43-30-. The van der Waals surface area contributed by atoms with Gasteiger partial charge in [-0.3, -0.25) is 14.4 Å². The molecule has 0 fully saturated rings. The Balaban J connectivity index is 4.33. The topological polar surface area (TPSA) is 78.9 Å². The van der Waals surface area contributed by atoms with Crippen LogP contribution in [-0.4, -0.2) is 37.2 Å². The molecule has 0 radical (unpaired) electrons. The van der Waals surface area contributed by atoms with Crippen molar-refractivity contribution >= 4 is 17.9 Å². The van der Waals surface area contributed by atoms with Crippen LogP contribution in [0, 0.1) is 0 Å². The van der Waals surface area contributed by atoms with Crippen molar-refractivity contribution in [2.24, 2.45) is 0 Å². The number of allylic oxidation sites excluding steroid dienone is 12. The summed E-state index contributed by atoms with van der Waals surface area (Å²) in [7, 11) is 0. The minimum absolute atomic E-state index is 0.0830. The van der Waals surface area contributed by atoms with Crippen LogP contribution < -0.4 is 0 Å². The highest BCUT2D eigenvalue weighted by atomic mass is 16.6. The minimum atomic E-state index is -0.790. The van der Waals surface area contributed by atoms with E-state index in [2.05, 4.69) is 93.7 Å². The Morgan fingerprint density at radius 3 is 0.795 bits per heavy atom. The van der Waals surface area contributed by atoms with Gasteiger partial charge in [-0.25, -0.2) is 0 Å². The van der Waals surface area contributed by atoms with Gasteiger partial charge in [0.1, 0.15) is 13.2 Å². The molecule has 0 aromatic carbocycles. The van der Waals surface area contributed by atoms with Crippen LogP contribution in [0.25, 0.3) is 0 Å². The highest BCUT2D eigenvalue weighted by molar-refractivity contribution is 5.71. The molecule has 6 nitrogen and oxygen atoms in total. The lowest BCUT2D eigenvalue weighted by Crippen LogP contribution is -2.30. The average Bonchev–Trinajstić information content (AvgIpc) is 3.44. The van der Waals surface area contributed by atoms with Crippen LogP contribution in [0.5, 0.6) is 0 Å². The van der Waals surface area contributed by atoms with Crippen LogP contribution in [0.15, 0.2) is 72.9 Å². The van der Waals surface area contributed by atoms with Crippen molar-refractivity contribution < 1.29 is 28.6 Å². The zero-order chi connectivity index (χ0) is 56.4. The first-order chi connectivity index (χ1) is 38.5. The Labute approximate surface area is 484 Å². The van der Waals surface area contributed by atoms with Crippen molar-refractivity contribution in [2.75, 3.05) is 13.2 Å². The van der Waals surface area contributed by atoms with Gasteiger partial charge < -0.3 is 14.2 Å². The molecule has 0 aliphatic heterocycles.